The Labute approximate surface area is 101 Å². The quantitative estimate of drug-likeness (QED) is 0.759. The number of hydrogen-bond donors (Lipinski definition) is 0. The molecule has 1 unspecified atom stereocenters. The summed E-state index contributed by atoms with van der Waals surface area (Å²) in [6.45, 7) is 1.91. The Bertz CT molecular complexity index is 391. The highest BCUT2D eigenvalue weighted by Gasteiger charge is 2.19. The second-order valence-electron chi connectivity index (χ2n) is 3.89. The lowest BCUT2D eigenvalue weighted by atomic mass is 10.0. The molecule has 1 atom stereocenters. The number of ether oxygens (including phenoxy) is 1. The average molecular weight is 242 g/mol. The van der Waals surface area contributed by atoms with E-state index in [4.69, 9.17) is 16.3 Å². The molecule has 0 aliphatic carbocycles. The van der Waals surface area contributed by atoms with Gasteiger partial charge in [-0.15, -0.1) is 0 Å². The van der Waals surface area contributed by atoms with Gasteiger partial charge in [0, 0.05) is 10.6 Å². The molecule has 1 rings (SSSR count). The first-order valence-electron chi connectivity index (χ1n) is 4.97. The molecule has 16 heavy (non-hydrogen) atoms. The van der Waals surface area contributed by atoms with Crippen molar-refractivity contribution in [2.75, 3.05) is 21.2 Å². The van der Waals surface area contributed by atoms with E-state index in [0.717, 1.165) is 23.2 Å². The van der Waals surface area contributed by atoms with Gasteiger partial charge in [-0.1, -0.05) is 11.6 Å². The molecule has 0 spiro atoms. The maximum absolute atomic E-state index is 11.1. The maximum Gasteiger partial charge on any atom is 0.141 e. The van der Waals surface area contributed by atoms with E-state index in [1.54, 1.807) is 13.2 Å². The average Bonchev–Trinajstić information content (AvgIpc) is 2.17. The van der Waals surface area contributed by atoms with Crippen molar-refractivity contribution >= 4 is 17.9 Å². The summed E-state index contributed by atoms with van der Waals surface area (Å²) in [5, 5.41) is 0.613. The minimum absolute atomic E-state index is 0.340. The van der Waals surface area contributed by atoms with Crippen molar-refractivity contribution in [3.8, 4) is 5.75 Å². The van der Waals surface area contributed by atoms with Gasteiger partial charge in [0.25, 0.3) is 0 Å². The van der Waals surface area contributed by atoms with Gasteiger partial charge in [0.2, 0.25) is 0 Å². The predicted octanol–water partition coefficient (Wildman–Crippen LogP) is 2.46. The molecule has 88 valence electrons. The fraction of sp³-hybridized carbons (Fsp3) is 0.417. The van der Waals surface area contributed by atoms with Gasteiger partial charge in [0.1, 0.15) is 12.0 Å². The third kappa shape index (κ3) is 2.54. The van der Waals surface area contributed by atoms with Crippen molar-refractivity contribution in [1.82, 2.24) is 4.90 Å². The topological polar surface area (TPSA) is 29.5 Å². The molecule has 0 saturated heterocycles. The molecule has 1 aromatic carbocycles. The van der Waals surface area contributed by atoms with Crippen LogP contribution in [-0.2, 0) is 4.79 Å². The molecule has 0 N–H and O–H groups in total. The predicted molar refractivity (Wildman–Crippen MR) is 65.2 cm³/mol. The van der Waals surface area contributed by atoms with E-state index in [1.807, 2.05) is 32.0 Å². The van der Waals surface area contributed by atoms with Crippen LogP contribution in [0.25, 0.3) is 0 Å². The number of methoxy groups -OCH3 is 1. The number of halogens is 1. The van der Waals surface area contributed by atoms with Crippen molar-refractivity contribution < 1.29 is 9.53 Å². The van der Waals surface area contributed by atoms with Gasteiger partial charge in [0.05, 0.1) is 13.2 Å². The van der Waals surface area contributed by atoms with E-state index in [1.165, 1.54) is 0 Å². The molecule has 3 nitrogen and oxygen atoms in total. The fourth-order valence-corrected chi connectivity index (χ4v) is 2.01. The molecule has 0 saturated carbocycles. The Balaban J connectivity index is 3.34. The molecular formula is C12H16ClNO2. The van der Waals surface area contributed by atoms with Crippen LogP contribution in [0.2, 0.25) is 5.02 Å². The Morgan fingerprint density at radius 1 is 1.44 bits per heavy atom. The van der Waals surface area contributed by atoms with Gasteiger partial charge in [0.15, 0.2) is 0 Å². The van der Waals surface area contributed by atoms with E-state index < -0.39 is 0 Å². The van der Waals surface area contributed by atoms with Crippen molar-refractivity contribution in [1.29, 1.82) is 0 Å². The van der Waals surface area contributed by atoms with Gasteiger partial charge < -0.3 is 9.53 Å². The van der Waals surface area contributed by atoms with Crippen LogP contribution in [0.3, 0.4) is 0 Å². The minimum Gasteiger partial charge on any atom is -0.496 e. The second kappa shape index (κ2) is 5.32. The second-order valence-corrected chi connectivity index (χ2v) is 4.33. The van der Waals surface area contributed by atoms with Crippen LogP contribution in [-0.4, -0.2) is 32.4 Å². The van der Waals surface area contributed by atoms with Crippen LogP contribution in [0, 0.1) is 6.92 Å². The summed E-state index contributed by atoms with van der Waals surface area (Å²) in [6.07, 6.45) is 0.883. The molecule has 1 aromatic rings. The van der Waals surface area contributed by atoms with E-state index in [0.29, 0.717) is 5.02 Å². The lowest BCUT2D eigenvalue weighted by molar-refractivity contribution is -0.111. The molecule has 0 bridgehead atoms. The standard InChI is InChI=1S/C12H16ClNO2/c1-8-5-9(13)6-10(12(8)16-4)11(7-15)14(2)3/h5-7,11H,1-4H3. The Hall–Kier alpha value is -1.06. The Morgan fingerprint density at radius 3 is 2.50 bits per heavy atom. The first-order valence-corrected chi connectivity index (χ1v) is 5.34. The number of hydrogen-bond acceptors (Lipinski definition) is 3. The SMILES string of the molecule is COc1c(C)cc(Cl)cc1C(C=O)N(C)C. The third-order valence-corrected chi connectivity index (χ3v) is 2.69. The highest BCUT2D eigenvalue weighted by atomic mass is 35.5. The van der Waals surface area contributed by atoms with E-state index >= 15 is 0 Å². The zero-order valence-electron chi connectivity index (χ0n) is 9.95. The summed E-state index contributed by atoms with van der Waals surface area (Å²) in [5.74, 6) is 0.718. The largest absolute Gasteiger partial charge is 0.496 e. The molecule has 0 aromatic heterocycles. The van der Waals surface area contributed by atoms with E-state index in [2.05, 4.69) is 0 Å². The Morgan fingerprint density at radius 2 is 2.06 bits per heavy atom. The van der Waals surface area contributed by atoms with Crippen molar-refractivity contribution in [2.24, 2.45) is 0 Å². The highest BCUT2D eigenvalue weighted by molar-refractivity contribution is 6.30. The van der Waals surface area contributed by atoms with Gasteiger partial charge in [-0.3, -0.25) is 4.90 Å². The maximum atomic E-state index is 11.1. The number of benzene rings is 1. The molecular weight excluding hydrogens is 226 g/mol. The lowest BCUT2D eigenvalue weighted by Gasteiger charge is -2.22. The van der Waals surface area contributed by atoms with Gasteiger partial charge in [-0.25, -0.2) is 0 Å². The first kappa shape index (κ1) is 13.0. The van der Waals surface area contributed by atoms with Crippen LogP contribution < -0.4 is 4.74 Å². The number of rotatable bonds is 4. The van der Waals surface area contributed by atoms with Crippen molar-refractivity contribution in [3.05, 3.63) is 28.3 Å². The number of nitrogens with zero attached hydrogens (tertiary/aromatic N) is 1. The number of likely N-dealkylation sites (N-methyl/N-ethyl adjacent to an activating group) is 1. The number of carbonyl (C=O) groups is 1. The fourth-order valence-electron chi connectivity index (χ4n) is 1.73. The van der Waals surface area contributed by atoms with Crippen molar-refractivity contribution in [2.45, 2.75) is 13.0 Å². The zero-order valence-corrected chi connectivity index (χ0v) is 10.7. The minimum atomic E-state index is -0.340. The van der Waals surface area contributed by atoms with E-state index in [-0.39, 0.29) is 6.04 Å². The summed E-state index contributed by atoms with van der Waals surface area (Å²) in [7, 11) is 5.28. The molecule has 0 heterocycles. The molecule has 0 fully saturated rings. The summed E-state index contributed by atoms with van der Waals surface area (Å²) < 4.78 is 5.32. The van der Waals surface area contributed by atoms with Crippen LogP contribution in [0.5, 0.6) is 5.75 Å². The third-order valence-electron chi connectivity index (χ3n) is 2.48. The summed E-state index contributed by atoms with van der Waals surface area (Å²) >= 11 is 5.99. The van der Waals surface area contributed by atoms with Crippen molar-refractivity contribution in [3.63, 3.8) is 0 Å². The molecule has 0 aliphatic heterocycles. The molecule has 0 aliphatic rings. The van der Waals surface area contributed by atoms with E-state index in [9.17, 15) is 4.79 Å². The highest BCUT2D eigenvalue weighted by Crippen LogP contribution is 2.33. The first-order chi connectivity index (χ1) is 7.51. The summed E-state index contributed by atoms with van der Waals surface area (Å²) in [6, 6.07) is 3.25. The number of carbonyl (C=O) groups excluding carboxylic acids is 1. The van der Waals surface area contributed by atoms with Crippen LogP contribution in [0.15, 0.2) is 12.1 Å². The zero-order chi connectivity index (χ0) is 12.3. The van der Waals surface area contributed by atoms with Gasteiger partial charge >= 0.3 is 0 Å². The van der Waals surface area contributed by atoms with Gasteiger partial charge in [-0.2, -0.15) is 0 Å². The van der Waals surface area contributed by atoms with Crippen LogP contribution in [0.1, 0.15) is 17.2 Å². The summed E-state index contributed by atoms with van der Waals surface area (Å²) in [4.78, 5) is 12.9. The van der Waals surface area contributed by atoms with Crippen LogP contribution in [0.4, 0.5) is 0 Å². The lowest BCUT2D eigenvalue weighted by Crippen LogP contribution is -2.21. The number of aldehydes is 1. The smallest absolute Gasteiger partial charge is 0.141 e. The molecule has 4 heteroatoms. The number of aryl methyl sites for hydroxylation is 1. The summed E-state index contributed by atoms with van der Waals surface area (Å²) in [5.41, 5.74) is 1.73. The van der Waals surface area contributed by atoms with Gasteiger partial charge in [-0.05, 0) is 38.7 Å². The van der Waals surface area contributed by atoms with Crippen LogP contribution >= 0.6 is 11.6 Å². The molecule has 0 amide bonds. The monoisotopic (exact) mass is 241 g/mol. The Kier molecular flexibility index (Phi) is 4.33. The normalized spacial score (nSPS) is 12.6. The molecule has 0 radical (unpaired) electrons.